The maximum Gasteiger partial charge on any atom is 0.275 e. The molecule has 1 unspecified atom stereocenters. The summed E-state index contributed by atoms with van der Waals surface area (Å²) in [6, 6.07) is 16.0. The Balaban J connectivity index is 2.42. The Bertz CT molecular complexity index is 685. The number of nitrogens with zero attached hydrogens (tertiary/aromatic N) is 2. The molecule has 21 heavy (non-hydrogen) atoms. The van der Waals surface area contributed by atoms with Gasteiger partial charge in [0.25, 0.3) is 5.69 Å². The van der Waals surface area contributed by atoms with Crippen molar-refractivity contribution in [2.24, 2.45) is 0 Å². The standard InChI is InChI=1S/C17H16N2O2/c1-18(2)16(13-12-14-8-4-3-5-9-14)15-10-6-7-11-17(15)19(20)21/h3-11,16H,1-2H3. The van der Waals surface area contributed by atoms with Crippen LogP contribution >= 0.6 is 0 Å². The largest absolute Gasteiger partial charge is 0.292 e. The summed E-state index contributed by atoms with van der Waals surface area (Å²) in [5.74, 6) is 6.19. The molecule has 0 spiro atoms. The highest BCUT2D eigenvalue weighted by atomic mass is 16.6. The van der Waals surface area contributed by atoms with Crippen LogP contribution in [-0.4, -0.2) is 23.9 Å². The normalized spacial score (nSPS) is 11.6. The van der Waals surface area contributed by atoms with E-state index in [9.17, 15) is 10.1 Å². The van der Waals surface area contributed by atoms with Crippen LogP contribution in [-0.2, 0) is 0 Å². The van der Waals surface area contributed by atoms with Gasteiger partial charge in [-0.3, -0.25) is 15.0 Å². The molecule has 0 heterocycles. The van der Waals surface area contributed by atoms with Crippen molar-refractivity contribution in [2.75, 3.05) is 14.1 Å². The van der Waals surface area contributed by atoms with Crippen LogP contribution in [0.1, 0.15) is 17.2 Å². The van der Waals surface area contributed by atoms with Crippen molar-refractivity contribution in [2.45, 2.75) is 6.04 Å². The first kappa shape index (κ1) is 14.8. The number of hydrogen-bond acceptors (Lipinski definition) is 3. The zero-order chi connectivity index (χ0) is 15.2. The molecule has 2 rings (SSSR count). The van der Waals surface area contributed by atoms with Gasteiger partial charge in [-0.05, 0) is 32.3 Å². The van der Waals surface area contributed by atoms with Crippen LogP contribution < -0.4 is 0 Å². The Hall–Kier alpha value is -2.64. The van der Waals surface area contributed by atoms with E-state index in [1.165, 1.54) is 6.07 Å². The highest BCUT2D eigenvalue weighted by Gasteiger charge is 2.21. The number of hydrogen-bond donors (Lipinski definition) is 0. The van der Waals surface area contributed by atoms with E-state index in [4.69, 9.17) is 0 Å². The summed E-state index contributed by atoms with van der Waals surface area (Å²) in [4.78, 5) is 12.7. The third-order valence-electron chi connectivity index (χ3n) is 3.07. The molecule has 2 aromatic carbocycles. The van der Waals surface area contributed by atoms with E-state index >= 15 is 0 Å². The molecule has 0 saturated heterocycles. The van der Waals surface area contributed by atoms with Crippen molar-refractivity contribution in [3.8, 4) is 11.8 Å². The summed E-state index contributed by atoms with van der Waals surface area (Å²) < 4.78 is 0. The molecule has 0 fully saturated rings. The zero-order valence-electron chi connectivity index (χ0n) is 12.0. The predicted molar refractivity (Wildman–Crippen MR) is 82.8 cm³/mol. The molecule has 1 atom stereocenters. The highest BCUT2D eigenvalue weighted by Crippen LogP contribution is 2.27. The van der Waals surface area contributed by atoms with Crippen molar-refractivity contribution in [1.29, 1.82) is 0 Å². The third kappa shape index (κ3) is 3.68. The summed E-state index contributed by atoms with van der Waals surface area (Å²) in [6.07, 6.45) is 0. The van der Waals surface area contributed by atoms with Crippen LogP contribution in [0.2, 0.25) is 0 Å². The summed E-state index contributed by atoms with van der Waals surface area (Å²) in [5.41, 5.74) is 1.59. The molecule has 0 aliphatic rings. The fourth-order valence-electron chi connectivity index (χ4n) is 2.04. The number of nitro groups is 1. The SMILES string of the molecule is CN(C)C(C#Cc1ccccc1)c1ccccc1[N+](=O)[O-]. The lowest BCUT2D eigenvalue weighted by Crippen LogP contribution is -2.19. The molecule has 106 valence electrons. The van der Waals surface area contributed by atoms with E-state index in [1.807, 2.05) is 49.3 Å². The van der Waals surface area contributed by atoms with Crippen LogP contribution in [0.4, 0.5) is 5.69 Å². The number of rotatable bonds is 3. The average molecular weight is 280 g/mol. The van der Waals surface area contributed by atoms with Gasteiger partial charge in [0.1, 0.15) is 6.04 Å². The molecule has 0 aliphatic carbocycles. The summed E-state index contributed by atoms with van der Waals surface area (Å²) in [7, 11) is 3.72. The van der Waals surface area contributed by atoms with Crippen molar-refractivity contribution >= 4 is 5.69 Å². The van der Waals surface area contributed by atoms with Gasteiger partial charge >= 0.3 is 0 Å². The molecular weight excluding hydrogens is 264 g/mol. The molecule has 0 aliphatic heterocycles. The van der Waals surface area contributed by atoms with Crippen LogP contribution in [0.25, 0.3) is 0 Å². The minimum Gasteiger partial charge on any atom is -0.292 e. The van der Waals surface area contributed by atoms with Gasteiger partial charge in [0.2, 0.25) is 0 Å². The van der Waals surface area contributed by atoms with Crippen LogP contribution in [0, 0.1) is 22.0 Å². The Kier molecular flexibility index (Phi) is 4.70. The Labute approximate surface area is 124 Å². The topological polar surface area (TPSA) is 46.4 Å². The fourth-order valence-corrected chi connectivity index (χ4v) is 2.04. The van der Waals surface area contributed by atoms with Gasteiger partial charge in [0.05, 0.1) is 10.5 Å². The first-order valence-corrected chi connectivity index (χ1v) is 6.56. The predicted octanol–water partition coefficient (Wildman–Crippen LogP) is 3.25. The average Bonchev–Trinajstić information content (AvgIpc) is 2.48. The van der Waals surface area contributed by atoms with Gasteiger partial charge in [-0.2, -0.15) is 0 Å². The quantitative estimate of drug-likeness (QED) is 0.492. The maximum absolute atomic E-state index is 11.2. The summed E-state index contributed by atoms with van der Waals surface area (Å²) in [6.45, 7) is 0. The van der Waals surface area contributed by atoms with Crippen molar-refractivity contribution < 1.29 is 4.92 Å². The van der Waals surface area contributed by atoms with Gasteiger partial charge in [-0.15, -0.1) is 0 Å². The Morgan fingerprint density at radius 2 is 1.67 bits per heavy atom. The smallest absolute Gasteiger partial charge is 0.275 e. The van der Waals surface area contributed by atoms with E-state index in [0.717, 1.165) is 5.56 Å². The molecule has 4 nitrogen and oxygen atoms in total. The number of nitro benzene ring substituents is 1. The van der Waals surface area contributed by atoms with E-state index in [2.05, 4.69) is 11.8 Å². The van der Waals surface area contributed by atoms with E-state index < -0.39 is 0 Å². The van der Waals surface area contributed by atoms with Gasteiger partial charge in [-0.1, -0.05) is 42.2 Å². The Morgan fingerprint density at radius 3 is 2.29 bits per heavy atom. The molecule has 0 saturated carbocycles. The summed E-state index contributed by atoms with van der Waals surface area (Å²) >= 11 is 0. The minimum atomic E-state index is -0.365. The molecule has 0 amide bonds. The second kappa shape index (κ2) is 6.69. The lowest BCUT2D eigenvalue weighted by Gasteiger charge is -2.19. The molecule has 0 aromatic heterocycles. The maximum atomic E-state index is 11.2. The van der Waals surface area contributed by atoms with E-state index in [1.54, 1.807) is 18.2 Å². The first-order chi connectivity index (χ1) is 10.1. The third-order valence-corrected chi connectivity index (χ3v) is 3.07. The van der Waals surface area contributed by atoms with Crippen molar-refractivity contribution in [3.05, 3.63) is 75.8 Å². The molecule has 0 radical (unpaired) electrons. The van der Waals surface area contributed by atoms with Gasteiger partial charge in [0.15, 0.2) is 0 Å². The monoisotopic (exact) mass is 280 g/mol. The molecule has 0 bridgehead atoms. The van der Waals surface area contributed by atoms with Gasteiger partial charge in [-0.25, -0.2) is 0 Å². The zero-order valence-corrected chi connectivity index (χ0v) is 12.0. The number of benzene rings is 2. The fraction of sp³-hybridized carbons (Fsp3) is 0.176. The van der Waals surface area contributed by atoms with Crippen molar-refractivity contribution in [3.63, 3.8) is 0 Å². The molecule has 2 aromatic rings. The van der Waals surface area contributed by atoms with Crippen molar-refractivity contribution in [1.82, 2.24) is 4.90 Å². The Morgan fingerprint density at radius 1 is 1.05 bits per heavy atom. The van der Waals surface area contributed by atoms with Crippen LogP contribution in [0.15, 0.2) is 54.6 Å². The molecular formula is C17H16N2O2. The van der Waals surface area contributed by atoms with Gasteiger partial charge < -0.3 is 0 Å². The second-order valence-corrected chi connectivity index (χ2v) is 4.82. The molecule has 0 N–H and O–H groups in total. The van der Waals surface area contributed by atoms with E-state index in [0.29, 0.717) is 5.56 Å². The highest BCUT2D eigenvalue weighted by molar-refractivity contribution is 5.46. The van der Waals surface area contributed by atoms with Gasteiger partial charge in [0, 0.05) is 11.6 Å². The number of para-hydroxylation sites is 1. The first-order valence-electron chi connectivity index (χ1n) is 6.56. The minimum absolute atomic E-state index is 0.0959. The lowest BCUT2D eigenvalue weighted by molar-refractivity contribution is -0.385. The van der Waals surface area contributed by atoms with E-state index in [-0.39, 0.29) is 16.7 Å². The van der Waals surface area contributed by atoms with Crippen LogP contribution in [0.3, 0.4) is 0 Å². The van der Waals surface area contributed by atoms with Crippen LogP contribution in [0.5, 0.6) is 0 Å². The lowest BCUT2D eigenvalue weighted by atomic mass is 10.0. The summed E-state index contributed by atoms with van der Waals surface area (Å²) in [5, 5.41) is 11.2. The second-order valence-electron chi connectivity index (χ2n) is 4.82. The molecule has 4 heteroatoms.